The van der Waals surface area contributed by atoms with Crippen LogP contribution in [0.25, 0.3) is 0 Å². The summed E-state index contributed by atoms with van der Waals surface area (Å²) < 4.78 is 7.21. The molecule has 134 valence electrons. The van der Waals surface area contributed by atoms with Gasteiger partial charge in [-0.05, 0) is 55.9 Å². The third-order valence-corrected chi connectivity index (χ3v) is 4.96. The predicted octanol–water partition coefficient (Wildman–Crippen LogP) is 3.30. The molecule has 1 atom stereocenters. The number of nitrogens with zero attached hydrogens (tertiary/aromatic N) is 3. The number of benzene rings is 1. The van der Waals surface area contributed by atoms with E-state index in [0.717, 1.165) is 50.1 Å². The van der Waals surface area contributed by atoms with Crippen molar-refractivity contribution in [3.8, 4) is 5.75 Å². The van der Waals surface area contributed by atoms with Crippen LogP contribution >= 0.6 is 0 Å². The van der Waals surface area contributed by atoms with Gasteiger partial charge in [0.1, 0.15) is 5.75 Å². The Balaban J connectivity index is 1.54. The molecule has 1 aromatic heterocycles. The van der Waals surface area contributed by atoms with Crippen molar-refractivity contribution in [2.24, 2.45) is 0 Å². The molecule has 0 bridgehead atoms. The van der Waals surface area contributed by atoms with E-state index in [1.165, 1.54) is 6.42 Å². The lowest BCUT2D eigenvalue weighted by Crippen LogP contribution is -2.44. The van der Waals surface area contributed by atoms with Gasteiger partial charge in [-0.25, -0.2) is 0 Å². The fraction of sp³-hybridized carbons (Fsp3) is 0.500. The van der Waals surface area contributed by atoms with Crippen LogP contribution in [-0.2, 0) is 17.8 Å². The lowest BCUT2D eigenvalue weighted by molar-refractivity contribution is -0.135. The largest absolute Gasteiger partial charge is 0.497 e. The number of carbonyl (C=O) groups excluding carboxylic acids is 1. The summed E-state index contributed by atoms with van der Waals surface area (Å²) in [4.78, 5) is 14.9. The molecule has 1 aliphatic heterocycles. The number of piperidine rings is 1. The highest BCUT2D eigenvalue weighted by atomic mass is 16.5. The minimum atomic E-state index is 0.271. The number of amides is 1. The molecular formula is C20H27N3O2. The van der Waals surface area contributed by atoms with Crippen LogP contribution in [0, 0.1) is 0 Å². The van der Waals surface area contributed by atoms with Gasteiger partial charge in [0.25, 0.3) is 0 Å². The van der Waals surface area contributed by atoms with Crippen molar-refractivity contribution in [1.82, 2.24) is 14.7 Å². The normalized spacial score (nSPS) is 17.5. The zero-order chi connectivity index (χ0) is 17.5. The maximum Gasteiger partial charge on any atom is 0.223 e. The van der Waals surface area contributed by atoms with Crippen LogP contribution in [0.2, 0.25) is 0 Å². The van der Waals surface area contributed by atoms with Crippen LogP contribution in [-0.4, -0.2) is 40.3 Å². The summed E-state index contributed by atoms with van der Waals surface area (Å²) in [5, 5.41) is 4.26. The number of aryl methyl sites for hydroxylation is 2. The number of ether oxygens (including phenoxy) is 1. The molecule has 1 aliphatic rings. The van der Waals surface area contributed by atoms with Crippen LogP contribution in [0.1, 0.15) is 37.7 Å². The highest BCUT2D eigenvalue weighted by molar-refractivity contribution is 5.77. The van der Waals surface area contributed by atoms with Crippen LogP contribution in [0.15, 0.2) is 42.7 Å². The van der Waals surface area contributed by atoms with Crippen molar-refractivity contribution >= 4 is 5.91 Å². The number of hydrogen-bond acceptors (Lipinski definition) is 3. The van der Waals surface area contributed by atoms with E-state index in [2.05, 4.69) is 16.1 Å². The van der Waals surface area contributed by atoms with Gasteiger partial charge in [0.2, 0.25) is 5.91 Å². The average molecular weight is 341 g/mol. The second-order valence-corrected chi connectivity index (χ2v) is 6.65. The third kappa shape index (κ3) is 4.84. The summed E-state index contributed by atoms with van der Waals surface area (Å²) in [6, 6.07) is 10.3. The van der Waals surface area contributed by atoms with Gasteiger partial charge in [-0.1, -0.05) is 12.1 Å². The summed E-state index contributed by atoms with van der Waals surface area (Å²) in [6.45, 7) is 1.76. The number of hydrogen-bond donors (Lipinski definition) is 0. The topological polar surface area (TPSA) is 47.4 Å². The summed E-state index contributed by atoms with van der Waals surface area (Å²) in [5.41, 5.74) is 1.15. The van der Waals surface area contributed by atoms with Crippen molar-refractivity contribution in [3.05, 3.63) is 48.3 Å². The third-order valence-electron chi connectivity index (χ3n) is 4.96. The smallest absolute Gasteiger partial charge is 0.223 e. The zero-order valence-corrected chi connectivity index (χ0v) is 14.9. The van der Waals surface area contributed by atoms with Gasteiger partial charge in [0.15, 0.2) is 0 Å². The van der Waals surface area contributed by atoms with E-state index in [-0.39, 0.29) is 5.91 Å². The summed E-state index contributed by atoms with van der Waals surface area (Å²) >= 11 is 0. The Morgan fingerprint density at radius 2 is 2.24 bits per heavy atom. The molecule has 0 spiro atoms. The van der Waals surface area contributed by atoms with E-state index in [0.29, 0.717) is 12.5 Å². The SMILES string of the molecule is COc1cccc(CCC(=O)N2CCCC[C@@H]2CCn2cccn2)c1. The van der Waals surface area contributed by atoms with Crippen LogP contribution in [0.3, 0.4) is 0 Å². The first-order chi connectivity index (χ1) is 12.3. The number of likely N-dealkylation sites (tertiary alicyclic amines) is 1. The van der Waals surface area contributed by atoms with Gasteiger partial charge in [-0.15, -0.1) is 0 Å². The monoisotopic (exact) mass is 341 g/mol. The molecule has 0 N–H and O–H groups in total. The standard InChI is InChI=1S/C20H27N3O2/c1-25-19-8-4-6-17(16-19)9-10-20(24)23-14-3-2-7-18(23)11-15-22-13-5-12-21-22/h4-6,8,12-13,16,18H,2-3,7,9-11,14-15H2,1H3/t18-/m1/s1. The molecule has 2 heterocycles. The number of aromatic nitrogens is 2. The first-order valence-corrected chi connectivity index (χ1v) is 9.16. The van der Waals surface area contributed by atoms with Crippen LogP contribution < -0.4 is 4.74 Å². The van der Waals surface area contributed by atoms with Gasteiger partial charge in [0, 0.05) is 37.9 Å². The predicted molar refractivity (Wildman–Crippen MR) is 97.5 cm³/mol. The Morgan fingerprint density at radius 1 is 1.32 bits per heavy atom. The number of methoxy groups -OCH3 is 1. The Morgan fingerprint density at radius 3 is 3.04 bits per heavy atom. The fourth-order valence-electron chi connectivity index (χ4n) is 3.57. The molecular weight excluding hydrogens is 314 g/mol. The summed E-state index contributed by atoms with van der Waals surface area (Å²) in [5.74, 6) is 1.12. The summed E-state index contributed by atoms with van der Waals surface area (Å²) in [6.07, 6.45) is 9.52. The average Bonchev–Trinajstić information content (AvgIpc) is 3.18. The zero-order valence-electron chi connectivity index (χ0n) is 14.9. The molecule has 3 rings (SSSR count). The highest BCUT2D eigenvalue weighted by Crippen LogP contribution is 2.22. The Hall–Kier alpha value is -2.30. The minimum Gasteiger partial charge on any atom is -0.497 e. The van der Waals surface area contributed by atoms with Crippen molar-refractivity contribution in [2.45, 2.75) is 51.1 Å². The highest BCUT2D eigenvalue weighted by Gasteiger charge is 2.26. The molecule has 25 heavy (non-hydrogen) atoms. The fourth-order valence-corrected chi connectivity index (χ4v) is 3.57. The van der Waals surface area contributed by atoms with Crippen LogP contribution in [0.4, 0.5) is 0 Å². The molecule has 1 saturated heterocycles. The quantitative estimate of drug-likeness (QED) is 0.776. The maximum atomic E-state index is 12.8. The second-order valence-electron chi connectivity index (χ2n) is 6.65. The first kappa shape index (κ1) is 17.5. The Labute approximate surface area is 149 Å². The van der Waals surface area contributed by atoms with E-state index < -0.39 is 0 Å². The minimum absolute atomic E-state index is 0.271. The first-order valence-electron chi connectivity index (χ1n) is 9.16. The molecule has 2 aromatic rings. The molecule has 1 fully saturated rings. The molecule has 1 aromatic carbocycles. The van der Waals surface area contributed by atoms with E-state index in [1.54, 1.807) is 13.3 Å². The maximum absolute atomic E-state index is 12.8. The van der Waals surface area contributed by atoms with Gasteiger partial charge in [-0.2, -0.15) is 5.10 Å². The van der Waals surface area contributed by atoms with Gasteiger partial charge < -0.3 is 9.64 Å². The second kappa shape index (κ2) is 8.70. The molecule has 0 aliphatic carbocycles. The molecule has 0 unspecified atom stereocenters. The van der Waals surface area contributed by atoms with E-state index in [1.807, 2.05) is 35.1 Å². The van der Waals surface area contributed by atoms with Crippen molar-refractivity contribution in [2.75, 3.05) is 13.7 Å². The number of rotatable bonds is 7. The van der Waals surface area contributed by atoms with Gasteiger partial charge in [-0.3, -0.25) is 9.48 Å². The Kier molecular flexibility index (Phi) is 6.09. The van der Waals surface area contributed by atoms with Crippen molar-refractivity contribution in [1.29, 1.82) is 0 Å². The van der Waals surface area contributed by atoms with Gasteiger partial charge >= 0.3 is 0 Å². The van der Waals surface area contributed by atoms with Crippen molar-refractivity contribution in [3.63, 3.8) is 0 Å². The molecule has 1 amide bonds. The van der Waals surface area contributed by atoms with Gasteiger partial charge in [0.05, 0.1) is 7.11 Å². The van der Waals surface area contributed by atoms with Crippen molar-refractivity contribution < 1.29 is 9.53 Å². The molecule has 5 nitrogen and oxygen atoms in total. The molecule has 0 saturated carbocycles. The van der Waals surface area contributed by atoms with E-state index in [4.69, 9.17) is 4.74 Å². The van der Waals surface area contributed by atoms with E-state index >= 15 is 0 Å². The lowest BCUT2D eigenvalue weighted by atomic mass is 9.98. The van der Waals surface area contributed by atoms with E-state index in [9.17, 15) is 4.79 Å². The lowest BCUT2D eigenvalue weighted by Gasteiger charge is -2.36. The molecule has 5 heteroatoms. The Bertz CT molecular complexity index is 669. The number of carbonyl (C=O) groups is 1. The molecule has 0 radical (unpaired) electrons. The summed E-state index contributed by atoms with van der Waals surface area (Å²) in [7, 11) is 1.67. The van der Waals surface area contributed by atoms with Crippen LogP contribution in [0.5, 0.6) is 5.75 Å².